The highest BCUT2D eigenvalue weighted by Gasteiger charge is 2.44. The smallest absolute Gasteiger partial charge is 0.200 e. The third kappa shape index (κ3) is 3.46. The number of allylic oxidation sites excluding steroid dienone is 1. The number of hydrogen-bond acceptors (Lipinski definition) is 1. The summed E-state index contributed by atoms with van der Waals surface area (Å²) in [6.07, 6.45) is 4.19. The molecule has 0 aliphatic heterocycles. The van der Waals surface area contributed by atoms with Crippen molar-refractivity contribution in [2.75, 3.05) is 6.61 Å². The third-order valence-corrected chi connectivity index (χ3v) is 9.45. The summed E-state index contributed by atoms with van der Waals surface area (Å²) in [5, 5.41) is 0. The van der Waals surface area contributed by atoms with Gasteiger partial charge in [0.1, 0.15) is 0 Å². The molecule has 0 bridgehead atoms. The molecular formula is C13H28OSi. The van der Waals surface area contributed by atoms with Crippen LogP contribution in [0.15, 0.2) is 12.2 Å². The van der Waals surface area contributed by atoms with E-state index in [-0.39, 0.29) is 0 Å². The molecule has 0 atom stereocenters. The van der Waals surface area contributed by atoms with Crippen molar-refractivity contribution in [1.29, 1.82) is 0 Å². The molecule has 0 aromatic rings. The standard InChI is InChI=1S/C13H28OSi/c1-8-9-10-14-15(11(2)3,12(4)5)13(6)7/h8-9,11-13H,10H2,1-7H3. The molecule has 1 nitrogen and oxygen atoms in total. The van der Waals surface area contributed by atoms with Gasteiger partial charge in [-0.15, -0.1) is 0 Å². The second kappa shape index (κ2) is 6.49. The summed E-state index contributed by atoms with van der Waals surface area (Å²) >= 11 is 0. The van der Waals surface area contributed by atoms with E-state index in [0.29, 0.717) is 16.6 Å². The summed E-state index contributed by atoms with van der Waals surface area (Å²) in [5.74, 6) is 0. The van der Waals surface area contributed by atoms with Crippen molar-refractivity contribution in [3.8, 4) is 0 Å². The zero-order valence-corrected chi connectivity index (χ0v) is 12.5. The molecule has 0 heterocycles. The first-order valence-corrected chi connectivity index (χ1v) is 8.28. The summed E-state index contributed by atoms with van der Waals surface area (Å²) in [6.45, 7) is 16.8. The van der Waals surface area contributed by atoms with Crippen molar-refractivity contribution in [1.82, 2.24) is 0 Å². The van der Waals surface area contributed by atoms with Gasteiger partial charge in [-0.05, 0) is 23.5 Å². The average Bonchev–Trinajstić information content (AvgIpc) is 2.10. The monoisotopic (exact) mass is 228 g/mol. The predicted octanol–water partition coefficient (Wildman–Crippen LogP) is 4.75. The Hall–Kier alpha value is -0.0831. The minimum Gasteiger partial charge on any atom is -0.412 e. The summed E-state index contributed by atoms with van der Waals surface area (Å²) in [7, 11) is -1.62. The normalized spacial score (nSPS) is 13.7. The van der Waals surface area contributed by atoms with E-state index in [4.69, 9.17) is 4.43 Å². The molecule has 0 spiro atoms. The molecule has 0 fully saturated rings. The largest absolute Gasteiger partial charge is 0.412 e. The molecule has 0 aromatic heterocycles. The van der Waals surface area contributed by atoms with E-state index in [2.05, 4.69) is 53.7 Å². The molecule has 0 saturated heterocycles. The molecule has 0 N–H and O–H groups in total. The van der Waals surface area contributed by atoms with Gasteiger partial charge in [0.2, 0.25) is 8.32 Å². The van der Waals surface area contributed by atoms with Gasteiger partial charge in [-0.2, -0.15) is 0 Å². The molecule has 0 rings (SSSR count). The third-order valence-electron chi connectivity index (χ3n) is 3.37. The van der Waals surface area contributed by atoms with Crippen LogP contribution in [0.2, 0.25) is 16.6 Å². The highest BCUT2D eigenvalue weighted by atomic mass is 28.4. The van der Waals surface area contributed by atoms with Crippen LogP contribution in [0.5, 0.6) is 0 Å². The Morgan fingerprint density at radius 1 is 0.933 bits per heavy atom. The van der Waals surface area contributed by atoms with Gasteiger partial charge in [0.15, 0.2) is 0 Å². The maximum Gasteiger partial charge on any atom is 0.200 e. The van der Waals surface area contributed by atoms with Crippen LogP contribution < -0.4 is 0 Å². The Morgan fingerprint density at radius 2 is 1.33 bits per heavy atom. The lowest BCUT2D eigenvalue weighted by molar-refractivity contribution is 0.316. The topological polar surface area (TPSA) is 9.23 Å². The molecule has 90 valence electrons. The SMILES string of the molecule is CC=CCO[Si](C(C)C)(C(C)C)C(C)C. The minimum atomic E-state index is -1.62. The van der Waals surface area contributed by atoms with E-state index in [1.165, 1.54) is 0 Å². The molecule has 15 heavy (non-hydrogen) atoms. The molecule has 0 aromatic carbocycles. The lowest BCUT2D eigenvalue weighted by atomic mass is 10.5. The van der Waals surface area contributed by atoms with Crippen LogP contribution in [0.1, 0.15) is 48.5 Å². The number of hydrogen-bond donors (Lipinski definition) is 0. The first-order valence-electron chi connectivity index (χ1n) is 6.14. The lowest BCUT2D eigenvalue weighted by Gasteiger charge is -2.41. The molecule has 0 amide bonds. The van der Waals surface area contributed by atoms with E-state index < -0.39 is 8.32 Å². The van der Waals surface area contributed by atoms with Crippen LogP contribution in [-0.4, -0.2) is 14.9 Å². The molecule has 0 saturated carbocycles. The summed E-state index contributed by atoms with van der Waals surface area (Å²) in [6, 6.07) is 0. The maximum absolute atomic E-state index is 6.31. The van der Waals surface area contributed by atoms with Gasteiger partial charge in [0.25, 0.3) is 0 Å². The van der Waals surface area contributed by atoms with Gasteiger partial charge in [-0.25, -0.2) is 0 Å². The van der Waals surface area contributed by atoms with Crippen LogP contribution >= 0.6 is 0 Å². The van der Waals surface area contributed by atoms with Crippen LogP contribution in [0.25, 0.3) is 0 Å². The van der Waals surface area contributed by atoms with Crippen LogP contribution in [0.3, 0.4) is 0 Å². The van der Waals surface area contributed by atoms with Gasteiger partial charge in [-0.1, -0.05) is 53.7 Å². The van der Waals surface area contributed by atoms with Crippen molar-refractivity contribution in [3.63, 3.8) is 0 Å². The molecule has 0 aliphatic rings. The van der Waals surface area contributed by atoms with E-state index in [1.54, 1.807) is 0 Å². The zero-order valence-electron chi connectivity index (χ0n) is 11.5. The van der Waals surface area contributed by atoms with Gasteiger partial charge in [-0.3, -0.25) is 0 Å². The predicted molar refractivity (Wildman–Crippen MR) is 71.8 cm³/mol. The fourth-order valence-electron chi connectivity index (χ4n) is 2.79. The quantitative estimate of drug-likeness (QED) is 0.471. The van der Waals surface area contributed by atoms with E-state index in [0.717, 1.165) is 6.61 Å². The van der Waals surface area contributed by atoms with Crippen molar-refractivity contribution < 1.29 is 4.43 Å². The summed E-state index contributed by atoms with van der Waals surface area (Å²) in [4.78, 5) is 0. The second-order valence-electron chi connectivity index (χ2n) is 5.20. The van der Waals surface area contributed by atoms with Gasteiger partial charge in [0, 0.05) is 0 Å². The Kier molecular flexibility index (Phi) is 6.45. The summed E-state index contributed by atoms with van der Waals surface area (Å²) in [5.41, 5.74) is 2.05. The van der Waals surface area contributed by atoms with E-state index in [1.807, 2.05) is 6.92 Å². The summed E-state index contributed by atoms with van der Waals surface area (Å²) < 4.78 is 6.31. The molecule has 2 heteroatoms. The Morgan fingerprint density at radius 3 is 1.60 bits per heavy atom. The van der Waals surface area contributed by atoms with Gasteiger partial charge >= 0.3 is 0 Å². The van der Waals surface area contributed by atoms with Crippen molar-refractivity contribution in [2.24, 2.45) is 0 Å². The van der Waals surface area contributed by atoms with Crippen LogP contribution in [-0.2, 0) is 4.43 Å². The molecule has 0 unspecified atom stereocenters. The fraction of sp³-hybridized carbons (Fsp3) is 0.846. The van der Waals surface area contributed by atoms with Crippen LogP contribution in [0.4, 0.5) is 0 Å². The first kappa shape index (κ1) is 14.9. The lowest BCUT2D eigenvalue weighted by Crippen LogP contribution is -2.47. The Labute approximate surface area is 97.0 Å². The zero-order chi connectivity index (χ0) is 12.1. The van der Waals surface area contributed by atoms with Crippen LogP contribution in [0, 0.1) is 0 Å². The van der Waals surface area contributed by atoms with Crippen molar-refractivity contribution >= 4 is 8.32 Å². The van der Waals surface area contributed by atoms with Crippen molar-refractivity contribution in [3.05, 3.63) is 12.2 Å². The van der Waals surface area contributed by atoms with Gasteiger partial charge < -0.3 is 4.43 Å². The fourth-order valence-corrected chi connectivity index (χ4v) is 8.17. The second-order valence-corrected chi connectivity index (χ2v) is 10.7. The first-order chi connectivity index (χ1) is 6.89. The average molecular weight is 228 g/mol. The maximum atomic E-state index is 6.31. The molecule has 0 aliphatic carbocycles. The van der Waals surface area contributed by atoms with Gasteiger partial charge in [0.05, 0.1) is 6.61 Å². The highest BCUT2D eigenvalue weighted by Crippen LogP contribution is 2.42. The van der Waals surface area contributed by atoms with E-state index >= 15 is 0 Å². The number of rotatable bonds is 6. The highest BCUT2D eigenvalue weighted by molar-refractivity contribution is 6.77. The molecule has 0 radical (unpaired) electrons. The molecular weight excluding hydrogens is 200 g/mol. The van der Waals surface area contributed by atoms with Crippen molar-refractivity contribution in [2.45, 2.75) is 65.1 Å². The van der Waals surface area contributed by atoms with E-state index in [9.17, 15) is 0 Å². The minimum absolute atomic E-state index is 0.683. The Bertz CT molecular complexity index is 173. The Balaban J connectivity index is 4.80.